The van der Waals surface area contributed by atoms with E-state index in [9.17, 15) is 22.5 Å². The van der Waals surface area contributed by atoms with E-state index in [4.69, 9.17) is 0 Å². The lowest BCUT2D eigenvalue weighted by Gasteiger charge is -2.15. The van der Waals surface area contributed by atoms with Gasteiger partial charge in [-0.05, 0) is 11.6 Å². The third kappa shape index (κ3) is 4.14. The van der Waals surface area contributed by atoms with Crippen LogP contribution in [0, 0.1) is 0 Å². The molecule has 2 rings (SSSR count). The van der Waals surface area contributed by atoms with Gasteiger partial charge in [0.15, 0.2) is 0 Å². The molecule has 0 saturated heterocycles. The van der Waals surface area contributed by atoms with Crippen LogP contribution in [0.2, 0.25) is 0 Å². The van der Waals surface area contributed by atoms with Crippen molar-refractivity contribution in [2.45, 2.75) is 30.4 Å². The lowest BCUT2D eigenvalue weighted by Crippen LogP contribution is -2.21. The van der Waals surface area contributed by atoms with E-state index >= 15 is 0 Å². The van der Waals surface area contributed by atoms with E-state index in [0.717, 1.165) is 6.07 Å². The van der Waals surface area contributed by atoms with Gasteiger partial charge in [-0.1, -0.05) is 18.2 Å². The monoisotopic (exact) mass is 333 g/mol. The Labute approximate surface area is 127 Å². The van der Waals surface area contributed by atoms with E-state index in [1.165, 1.54) is 35.5 Å². The zero-order chi connectivity index (χ0) is 16.3. The Hall–Kier alpha value is -1.74. The zero-order valence-electron chi connectivity index (χ0n) is 11.6. The number of benzene rings is 1. The van der Waals surface area contributed by atoms with Crippen LogP contribution in [0.3, 0.4) is 0 Å². The van der Waals surface area contributed by atoms with Gasteiger partial charge in [-0.15, -0.1) is 5.10 Å². The highest BCUT2D eigenvalue weighted by atomic mass is 32.2. The van der Waals surface area contributed by atoms with E-state index in [1.807, 2.05) is 0 Å². The molecule has 22 heavy (non-hydrogen) atoms. The van der Waals surface area contributed by atoms with Gasteiger partial charge in [0.2, 0.25) is 5.16 Å². The summed E-state index contributed by atoms with van der Waals surface area (Å²) in [6.45, 7) is -0.0314. The highest BCUT2D eigenvalue weighted by molar-refractivity contribution is 7.84. The minimum Gasteiger partial charge on any atom is -0.391 e. The molecule has 1 heterocycles. The van der Waals surface area contributed by atoms with Crippen LogP contribution in [-0.4, -0.2) is 36.4 Å². The third-order valence-corrected chi connectivity index (χ3v) is 3.65. The van der Waals surface area contributed by atoms with Crippen molar-refractivity contribution in [2.24, 2.45) is 0 Å². The first-order valence-electron chi connectivity index (χ1n) is 6.33. The Bertz CT molecular complexity index is 673. The number of aliphatic hydroxyl groups excluding tert-OH is 1. The van der Waals surface area contributed by atoms with E-state index in [2.05, 4.69) is 10.1 Å². The van der Waals surface area contributed by atoms with E-state index < -0.39 is 28.6 Å². The van der Waals surface area contributed by atoms with Crippen molar-refractivity contribution in [3.05, 3.63) is 41.7 Å². The Morgan fingerprint density at radius 1 is 1.36 bits per heavy atom. The zero-order valence-corrected chi connectivity index (χ0v) is 12.4. The van der Waals surface area contributed by atoms with E-state index in [1.54, 1.807) is 0 Å². The molecule has 0 amide bonds. The molecule has 1 aromatic carbocycles. The van der Waals surface area contributed by atoms with Crippen molar-refractivity contribution in [1.82, 2.24) is 14.8 Å². The van der Waals surface area contributed by atoms with Crippen LogP contribution >= 0.6 is 0 Å². The fraction of sp³-hybridized carbons (Fsp3) is 0.385. The molecule has 0 saturated carbocycles. The van der Waals surface area contributed by atoms with Gasteiger partial charge in [-0.25, -0.2) is 9.67 Å². The maximum absolute atomic E-state index is 12.9. The van der Waals surface area contributed by atoms with Crippen LogP contribution in [0.1, 0.15) is 11.1 Å². The van der Waals surface area contributed by atoms with Crippen LogP contribution in [0.5, 0.6) is 0 Å². The summed E-state index contributed by atoms with van der Waals surface area (Å²) >= 11 is 0. The van der Waals surface area contributed by atoms with Gasteiger partial charge in [0.1, 0.15) is 6.33 Å². The molecule has 0 aliphatic rings. The highest BCUT2D eigenvalue weighted by Gasteiger charge is 2.33. The minimum absolute atomic E-state index is 0.0157. The normalized spacial score (nSPS) is 14.8. The number of nitrogens with zero attached hydrogens (tertiary/aromatic N) is 3. The molecule has 0 aliphatic heterocycles. The topological polar surface area (TPSA) is 68.0 Å². The Balaban J connectivity index is 2.09. The lowest BCUT2D eigenvalue weighted by molar-refractivity contribution is -0.138. The smallest absolute Gasteiger partial charge is 0.391 e. The molecule has 5 nitrogen and oxygen atoms in total. The molecule has 1 aromatic heterocycles. The number of halogens is 3. The molecule has 0 bridgehead atoms. The summed E-state index contributed by atoms with van der Waals surface area (Å²) in [5.41, 5.74) is -0.745. The summed E-state index contributed by atoms with van der Waals surface area (Å²) in [4.78, 5) is 3.79. The number of hydrogen-bond acceptors (Lipinski definition) is 4. The number of hydrogen-bond donors (Lipinski definition) is 1. The van der Waals surface area contributed by atoms with E-state index in [-0.39, 0.29) is 23.7 Å². The molecule has 0 fully saturated rings. The maximum Gasteiger partial charge on any atom is 0.416 e. The summed E-state index contributed by atoms with van der Waals surface area (Å²) in [7, 11) is -1.35. The second-order valence-electron chi connectivity index (χ2n) is 4.72. The van der Waals surface area contributed by atoms with Crippen LogP contribution in [0.4, 0.5) is 13.2 Å². The van der Waals surface area contributed by atoms with Gasteiger partial charge in [0, 0.05) is 12.7 Å². The number of rotatable bonds is 5. The van der Waals surface area contributed by atoms with Crippen molar-refractivity contribution in [3.63, 3.8) is 0 Å². The van der Waals surface area contributed by atoms with Gasteiger partial charge >= 0.3 is 6.18 Å². The standard InChI is InChI=1S/C13H14F3N3O2S/c1-22(21)12-17-8-19(18-12)7-10(20)6-9-4-2-3-5-11(9)13(14,15)16/h2-5,8,10,20H,6-7H2,1H3/t10-,22+/m1/s1. The van der Waals surface area contributed by atoms with E-state index in [0.29, 0.717) is 0 Å². The molecule has 9 heteroatoms. The minimum atomic E-state index is -4.46. The Morgan fingerprint density at radius 3 is 2.64 bits per heavy atom. The summed E-state index contributed by atoms with van der Waals surface area (Å²) < 4.78 is 51.1. The van der Waals surface area contributed by atoms with Crippen molar-refractivity contribution >= 4 is 10.8 Å². The summed E-state index contributed by atoms with van der Waals surface area (Å²) in [5.74, 6) is 0. The van der Waals surface area contributed by atoms with Crippen LogP contribution in [0.25, 0.3) is 0 Å². The molecule has 1 N–H and O–H groups in total. The third-order valence-electron chi connectivity index (χ3n) is 2.95. The second kappa shape index (κ2) is 6.57. The van der Waals surface area contributed by atoms with Crippen LogP contribution in [0.15, 0.2) is 35.7 Å². The van der Waals surface area contributed by atoms with Crippen molar-refractivity contribution in [1.29, 1.82) is 0 Å². The first-order chi connectivity index (χ1) is 10.3. The highest BCUT2D eigenvalue weighted by Crippen LogP contribution is 2.32. The first-order valence-corrected chi connectivity index (χ1v) is 7.89. The quantitative estimate of drug-likeness (QED) is 0.903. The van der Waals surface area contributed by atoms with Gasteiger partial charge in [-0.2, -0.15) is 13.2 Å². The van der Waals surface area contributed by atoms with Gasteiger partial charge in [0.05, 0.1) is 29.0 Å². The molecular weight excluding hydrogens is 319 g/mol. The molecule has 0 unspecified atom stereocenters. The molecule has 0 radical (unpaired) electrons. The van der Waals surface area contributed by atoms with Gasteiger partial charge in [0.25, 0.3) is 0 Å². The Morgan fingerprint density at radius 2 is 2.05 bits per heavy atom. The average Bonchev–Trinajstić information content (AvgIpc) is 2.86. The van der Waals surface area contributed by atoms with Crippen molar-refractivity contribution < 1.29 is 22.5 Å². The first kappa shape index (κ1) is 16.6. The van der Waals surface area contributed by atoms with Crippen molar-refractivity contribution in [3.8, 4) is 0 Å². The molecule has 120 valence electrons. The summed E-state index contributed by atoms with van der Waals surface area (Å²) in [5, 5.41) is 14.0. The lowest BCUT2D eigenvalue weighted by atomic mass is 10.0. The largest absolute Gasteiger partial charge is 0.416 e. The molecular formula is C13H14F3N3O2S. The Kier molecular flexibility index (Phi) is 4.97. The molecule has 0 spiro atoms. The summed E-state index contributed by atoms with van der Waals surface area (Å²) in [6.07, 6.45) is -3.00. The maximum atomic E-state index is 12.9. The predicted octanol–water partition coefficient (Wildman–Crippen LogP) is 1.64. The summed E-state index contributed by atoms with van der Waals surface area (Å²) in [6, 6.07) is 5.11. The van der Waals surface area contributed by atoms with Gasteiger partial charge < -0.3 is 5.11 Å². The van der Waals surface area contributed by atoms with Gasteiger partial charge in [-0.3, -0.25) is 4.21 Å². The molecule has 2 aromatic rings. The van der Waals surface area contributed by atoms with Crippen LogP contribution < -0.4 is 0 Å². The molecule has 0 aliphatic carbocycles. The second-order valence-corrected chi connectivity index (χ2v) is 5.99. The predicted molar refractivity (Wildman–Crippen MR) is 73.5 cm³/mol. The average molecular weight is 333 g/mol. The SMILES string of the molecule is C[S@](=O)c1ncn(C[C@H](O)Cc2ccccc2C(F)(F)F)n1. The van der Waals surface area contributed by atoms with Crippen molar-refractivity contribution in [2.75, 3.05) is 6.26 Å². The fourth-order valence-corrected chi connectivity index (χ4v) is 2.42. The van der Waals surface area contributed by atoms with Crippen LogP contribution in [-0.2, 0) is 29.9 Å². The number of aromatic nitrogens is 3. The fourth-order valence-electron chi connectivity index (χ4n) is 2.01. The molecule has 2 atom stereocenters. The number of alkyl halides is 3. The number of aliphatic hydroxyl groups is 1.